The summed E-state index contributed by atoms with van der Waals surface area (Å²) in [7, 11) is 9.43. The summed E-state index contributed by atoms with van der Waals surface area (Å²) in [6.45, 7) is 5.74. The molecule has 0 aromatic heterocycles. The van der Waals surface area contributed by atoms with E-state index in [4.69, 9.17) is 16.3 Å². The average molecular weight is 1500 g/mol. The number of likely N-dealkylation sites (N-methyl/N-ethyl adjacent to an activating group) is 7. The molecule has 7 rings (SSSR count). The number of hydrogen-bond acceptors (Lipinski definition) is 13. The van der Waals surface area contributed by atoms with Crippen LogP contribution >= 0.6 is 11.6 Å². The number of hydrogen-bond donors (Lipinski definition) is 3. The summed E-state index contributed by atoms with van der Waals surface area (Å²) < 4.78 is 89.5. The first kappa shape index (κ1) is 84.7. The van der Waals surface area contributed by atoms with Crippen molar-refractivity contribution in [2.45, 2.75) is 241 Å². The van der Waals surface area contributed by atoms with Gasteiger partial charge in [0.1, 0.15) is 47.8 Å². The van der Waals surface area contributed by atoms with E-state index in [1.807, 2.05) is 13.8 Å². The molecule has 12 amide bonds. The molecule has 3 aliphatic heterocycles. The molecule has 7 fully saturated rings. The van der Waals surface area contributed by atoms with Crippen molar-refractivity contribution in [2.24, 2.45) is 41.4 Å². The molecule has 4 saturated carbocycles. The highest BCUT2D eigenvalue weighted by atomic mass is 35.5. The van der Waals surface area contributed by atoms with Gasteiger partial charge in [-0.2, -0.15) is 26.3 Å². The van der Waals surface area contributed by atoms with E-state index in [1.54, 1.807) is 13.8 Å². The maximum absolute atomic E-state index is 15.7. The Kier molecular flexibility index (Phi) is 30.0. The number of halogens is 7. The van der Waals surface area contributed by atoms with Crippen molar-refractivity contribution in [2.75, 3.05) is 102 Å². The van der Waals surface area contributed by atoms with E-state index in [0.29, 0.717) is 51.4 Å². The molecule has 3 saturated heterocycles. The van der Waals surface area contributed by atoms with Crippen LogP contribution in [0.25, 0.3) is 0 Å². The van der Waals surface area contributed by atoms with E-state index in [1.165, 1.54) is 73.8 Å². The van der Waals surface area contributed by atoms with Gasteiger partial charge in [0.25, 0.3) is 0 Å². The first-order valence-corrected chi connectivity index (χ1v) is 37.9. The smallest absolute Gasteiger partial charge is 0.378 e. The zero-order chi connectivity index (χ0) is 77.0. The molecule has 0 radical (unpaired) electrons. The van der Waals surface area contributed by atoms with Gasteiger partial charge in [-0.1, -0.05) is 59.8 Å². The third kappa shape index (κ3) is 21.2. The zero-order valence-electron chi connectivity index (χ0n) is 62.6. The van der Waals surface area contributed by atoms with Crippen LogP contribution in [0.2, 0.25) is 0 Å². The van der Waals surface area contributed by atoms with Crippen molar-refractivity contribution < 1.29 is 88.6 Å². The molecular weight excluding hydrogens is 1390 g/mol. The Bertz CT molecular complexity index is 3050. The van der Waals surface area contributed by atoms with Crippen LogP contribution in [0.15, 0.2) is 0 Å². The van der Waals surface area contributed by atoms with Crippen LogP contribution < -0.4 is 16.0 Å². The topological polar surface area (TPSA) is 279 Å². The van der Waals surface area contributed by atoms with Gasteiger partial charge in [-0.25, -0.2) is 0 Å². The molecule has 0 aromatic rings. The maximum atomic E-state index is 15.7. The molecule has 11 atom stereocenters. The van der Waals surface area contributed by atoms with Crippen molar-refractivity contribution in [3.63, 3.8) is 0 Å². The number of ether oxygens (including phenoxy) is 1. The number of rotatable bonds is 11. The fourth-order valence-corrected chi connectivity index (χ4v) is 17.1. The van der Waals surface area contributed by atoms with Crippen molar-refractivity contribution in [3.05, 3.63) is 0 Å². The minimum atomic E-state index is -4.55. The normalized spacial score (nSPS) is 30.7. The van der Waals surface area contributed by atoms with Crippen molar-refractivity contribution in [3.8, 4) is 0 Å². The summed E-state index contributed by atoms with van der Waals surface area (Å²) in [4.78, 5) is 190. The zero-order valence-corrected chi connectivity index (χ0v) is 63.3. The van der Waals surface area contributed by atoms with E-state index >= 15 is 28.8 Å². The second kappa shape index (κ2) is 36.9. The highest BCUT2D eigenvalue weighted by molar-refractivity contribution is 6.21. The predicted molar refractivity (Wildman–Crippen MR) is 372 cm³/mol. The summed E-state index contributed by atoms with van der Waals surface area (Å²) in [5, 5.41) is 7.37. The SMILES string of the molecule is CC[C@H](C)[C@@H]1NC(=O)[C@H](CC(C)C)N(C)C(=O)C[C@@H](C(=O)N2CCOCC2)N(C)C(=O)[C@H](C2CCCC2)N(C)C(=O)C2(CCCC2)NC(=O)[C@@H]2CCCN2C(=O)[C@H](CCC2CCC(C(F)(F)F)C(Cl)C2)NC(=O)CN(C)C(=O)[C@H](CC2CCC(C(F)(F)F)CC2)N(C)C(=O)CN(C)C(=O)CN(C)C1=O. The molecule has 3 N–H and O–H groups in total. The third-order valence-electron chi connectivity index (χ3n) is 23.4. The Morgan fingerprint density at radius 1 is 0.596 bits per heavy atom. The standard InChI is InChI=1S/C72H113ClF6N12O13/c1-12-44(4)60-67(101)85(7)41-58(94)83(5)42-59(95)87(9)54(38-46-21-25-48(26-22-46)71(74,75)76)65(99)84(6)40-56(92)80-51(28-24-45-23-27-49(50(73)37-45)72(77,78)79)64(98)91-31-17-20-52(91)63(97)82-70(29-15-16-30-70)69(103)89(11)61(47-18-13-14-19-47)68(102)88(10)55(66(100)90-32-34-104-35-33-90)39-57(93)86(8)53(36-43(2)3)62(96)81-60/h43-55,60-61H,12-42H2,1-11H3,(H,80,92)(H,81,96)(H,82,97)/t44-,45?,46?,48?,49?,50?,51-,52-,53-,54-,55-,60-,61-/m0/s1. The second-order valence-corrected chi connectivity index (χ2v) is 31.8. The van der Waals surface area contributed by atoms with Crippen LogP contribution in [-0.4, -0.2) is 282 Å². The van der Waals surface area contributed by atoms with E-state index in [2.05, 4.69) is 16.0 Å². The van der Waals surface area contributed by atoms with Gasteiger partial charge in [-0.05, 0) is 139 Å². The van der Waals surface area contributed by atoms with Crippen LogP contribution in [0.1, 0.15) is 175 Å². The highest BCUT2D eigenvalue weighted by Crippen LogP contribution is 2.45. The van der Waals surface area contributed by atoms with Gasteiger partial charge < -0.3 is 64.8 Å². The van der Waals surface area contributed by atoms with E-state index in [0.717, 1.165) is 19.6 Å². The lowest BCUT2D eigenvalue weighted by Crippen LogP contribution is -2.65. The van der Waals surface area contributed by atoms with E-state index < -0.39 is 198 Å². The third-order valence-corrected chi connectivity index (χ3v) is 23.9. The van der Waals surface area contributed by atoms with Crippen molar-refractivity contribution in [1.29, 1.82) is 0 Å². The lowest BCUT2D eigenvalue weighted by molar-refractivity contribution is -0.184. The number of morpholine rings is 1. The van der Waals surface area contributed by atoms with Gasteiger partial charge in [0.2, 0.25) is 70.9 Å². The number of nitrogens with one attached hydrogen (secondary N) is 3. The minimum absolute atomic E-state index is 0.00299. The highest BCUT2D eigenvalue weighted by Gasteiger charge is 2.53. The summed E-state index contributed by atoms with van der Waals surface area (Å²) in [5.41, 5.74) is -1.61. The molecule has 104 heavy (non-hydrogen) atoms. The lowest BCUT2D eigenvalue weighted by atomic mass is 9.78. The molecule has 25 nitrogen and oxygen atoms in total. The average Bonchev–Trinajstić information content (AvgIpc) is 1.39. The first-order valence-electron chi connectivity index (χ1n) is 37.5. The van der Waals surface area contributed by atoms with Crippen LogP contribution in [0.4, 0.5) is 26.3 Å². The largest absolute Gasteiger partial charge is 0.393 e. The molecule has 4 aliphatic carbocycles. The number of amides is 12. The number of carbonyl (C=O) groups excluding carboxylic acids is 12. The van der Waals surface area contributed by atoms with Crippen LogP contribution in [0.5, 0.6) is 0 Å². The Morgan fingerprint density at radius 3 is 1.78 bits per heavy atom. The van der Waals surface area contributed by atoms with E-state index in [-0.39, 0.29) is 129 Å². The summed E-state index contributed by atoms with van der Waals surface area (Å²) in [5.74, 6) is -14.2. The number of alkyl halides is 7. The second-order valence-electron chi connectivity index (χ2n) is 31.2. The van der Waals surface area contributed by atoms with Crippen LogP contribution in [-0.2, 0) is 62.3 Å². The van der Waals surface area contributed by atoms with Gasteiger partial charge in [0.15, 0.2) is 0 Å². The quantitative estimate of drug-likeness (QED) is 0.165. The molecule has 3 unspecified atom stereocenters. The summed E-state index contributed by atoms with van der Waals surface area (Å²) in [6.07, 6.45) is -5.95. The fraction of sp³-hybridized carbons (Fsp3) is 0.833. The lowest BCUT2D eigenvalue weighted by Gasteiger charge is -2.42. The van der Waals surface area contributed by atoms with Gasteiger partial charge in [0.05, 0.1) is 51.1 Å². The summed E-state index contributed by atoms with van der Waals surface area (Å²) in [6, 6.07) is -9.29. The number of fused-ring (bicyclic) bond motifs is 1. The predicted octanol–water partition coefficient (Wildman–Crippen LogP) is 5.73. The fourth-order valence-electron chi connectivity index (χ4n) is 16.6. The van der Waals surface area contributed by atoms with Crippen LogP contribution in [0.3, 0.4) is 0 Å². The summed E-state index contributed by atoms with van der Waals surface area (Å²) >= 11 is 6.38. The molecule has 588 valence electrons. The molecule has 1 spiro atoms. The monoisotopic (exact) mass is 1500 g/mol. The van der Waals surface area contributed by atoms with Crippen molar-refractivity contribution in [1.82, 2.24) is 60.0 Å². The Morgan fingerprint density at radius 2 is 1.19 bits per heavy atom. The Balaban J connectivity index is 1.28. The van der Waals surface area contributed by atoms with Gasteiger partial charge >= 0.3 is 12.4 Å². The maximum Gasteiger partial charge on any atom is 0.393 e. The molecular formula is C72H113ClF6N12O13. The van der Waals surface area contributed by atoms with E-state index in [9.17, 15) is 55.1 Å². The van der Waals surface area contributed by atoms with Crippen LogP contribution in [0, 0.1) is 41.4 Å². The molecule has 7 aliphatic rings. The molecule has 0 bridgehead atoms. The Labute approximate surface area is 612 Å². The molecule has 32 heteroatoms. The Hall–Kier alpha value is -6.53. The number of nitrogens with zero attached hydrogens (tertiary/aromatic N) is 9. The molecule has 3 heterocycles. The van der Waals surface area contributed by atoms with Crippen molar-refractivity contribution >= 4 is 82.5 Å². The minimum Gasteiger partial charge on any atom is -0.378 e. The van der Waals surface area contributed by atoms with Gasteiger partial charge in [-0.15, -0.1) is 11.6 Å². The first-order chi connectivity index (χ1) is 48.8. The number of carbonyl (C=O) groups is 12. The van der Waals surface area contributed by atoms with Gasteiger partial charge in [0, 0.05) is 74.3 Å². The van der Waals surface area contributed by atoms with Gasteiger partial charge in [-0.3, -0.25) is 57.5 Å². The molecule has 0 aromatic carbocycles.